The minimum Gasteiger partial charge on any atom is -0.0620 e. The second-order valence-corrected chi connectivity index (χ2v) is 6.27. The van der Waals surface area contributed by atoms with Crippen molar-refractivity contribution in [1.82, 2.24) is 0 Å². The van der Waals surface area contributed by atoms with E-state index in [1.807, 2.05) is 0 Å². The third-order valence-electron chi connectivity index (χ3n) is 4.41. The van der Waals surface area contributed by atoms with E-state index in [1.165, 1.54) is 51.4 Å². The minimum absolute atomic E-state index is 0.662. The second kappa shape index (κ2) is 6.97. The van der Waals surface area contributed by atoms with Crippen LogP contribution in [0.25, 0.3) is 0 Å². The molecule has 0 unspecified atom stereocenters. The summed E-state index contributed by atoms with van der Waals surface area (Å²) >= 11 is 0. The van der Waals surface area contributed by atoms with Gasteiger partial charge in [0.05, 0.1) is 0 Å². The second-order valence-electron chi connectivity index (χ2n) is 6.27. The summed E-state index contributed by atoms with van der Waals surface area (Å²) in [6.07, 6.45) is 11.5. The Bertz CT molecular complexity index is 343. The van der Waals surface area contributed by atoms with Gasteiger partial charge >= 0.3 is 0 Å². The topological polar surface area (TPSA) is 0 Å². The quantitative estimate of drug-likeness (QED) is 0.638. The molecule has 1 aliphatic rings. The van der Waals surface area contributed by atoms with Gasteiger partial charge in [0.15, 0.2) is 0 Å². The van der Waals surface area contributed by atoms with Crippen LogP contribution in [0.4, 0.5) is 0 Å². The minimum atomic E-state index is 0.662. The van der Waals surface area contributed by atoms with Gasteiger partial charge in [-0.05, 0) is 29.4 Å². The van der Waals surface area contributed by atoms with Gasteiger partial charge in [0.1, 0.15) is 0 Å². The Kier molecular flexibility index (Phi) is 5.28. The largest absolute Gasteiger partial charge is 0.0620 e. The summed E-state index contributed by atoms with van der Waals surface area (Å²) in [6, 6.07) is 9.08. The van der Waals surface area contributed by atoms with Gasteiger partial charge in [-0.15, -0.1) is 0 Å². The van der Waals surface area contributed by atoms with Gasteiger partial charge in [-0.3, -0.25) is 0 Å². The summed E-state index contributed by atoms with van der Waals surface area (Å²) in [6.45, 7) is 4.63. The van der Waals surface area contributed by atoms with Gasteiger partial charge in [0, 0.05) is 0 Å². The molecule has 1 aromatic rings. The lowest BCUT2D eigenvalue weighted by Crippen LogP contribution is -2.09. The van der Waals surface area contributed by atoms with Crippen LogP contribution in [0.15, 0.2) is 24.3 Å². The maximum Gasteiger partial charge on any atom is -0.0216 e. The molecule has 1 saturated carbocycles. The Balaban J connectivity index is 2.02. The predicted octanol–water partition coefficient (Wildman–Crippen LogP) is 5.71. The highest BCUT2D eigenvalue weighted by Crippen LogP contribution is 2.28. The Labute approximate surface area is 113 Å². The fraction of sp³-hybridized carbons (Fsp3) is 0.667. The monoisotopic (exact) mass is 244 g/mol. The lowest BCUT2D eigenvalue weighted by molar-refractivity contribution is 0.375. The fourth-order valence-corrected chi connectivity index (χ4v) is 3.34. The van der Waals surface area contributed by atoms with Crippen molar-refractivity contribution in [2.24, 2.45) is 5.92 Å². The lowest BCUT2D eigenvalue weighted by atomic mass is 9.84. The van der Waals surface area contributed by atoms with Gasteiger partial charge in [0.2, 0.25) is 0 Å². The van der Waals surface area contributed by atoms with Gasteiger partial charge < -0.3 is 0 Å². The molecule has 0 heterocycles. The first-order valence-electron chi connectivity index (χ1n) is 7.85. The van der Waals surface area contributed by atoms with Gasteiger partial charge in [0.25, 0.3) is 0 Å². The molecule has 0 nitrogen and oxygen atoms in total. The van der Waals surface area contributed by atoms with E-state index in [0.29, 0.717) is 5.92 Å². The number of hydrogen-bond acceptors (Lipinski definition) is 0. The third kappa shape index (κ3) is 3.86. The summed E-state index contributed by atoms with van der Waals surface area (Å²) in [7, 11) is 0. The third-order valence-corrected chi connectivity index (χ3v) is 4.41. The summed E-state index contributed by atoms with van der Waals surface area (Å²) in [5.74, 6) is 1.60. The first-order valence-corrected chi connectivity index (χ1v) is 7.85. The van der Waals surface area contributed by atoms with Crippen molar-refractivity contribution < 1.29 is 0 Å². The maximum absolute atomic E-state index is 2.36. The van der Waals surface area contributed by atoms with Crippen LogP contribution in [0.1, 0.15) is 75.8 Å². The number of benzene rings is 1. The molecule has 0 N–H and O–H groups in total. The summed E-state index contributed by atoms with van der Waals surface area (Å²) in [5, 5.41) is 0. The van der Waals surface area contributed by atoms with E-state index in [-0.39, 0.29) is 0 Å². The molecule has 1 fully saturated rings. The predicted molar refractivity (Wildman–Crippen MR) is 80.0 cm³/mol. The standard InChI is InChI=1S/C18H28/c1-15(2)18-13-9-8-12-17(18)14-16-10-6-4-3-5-7-11-16/h8-9,12-13,15-16H,3-7,10-11,14H2,1-2H3. The molecule has 0 radical (unpaired) electrons. The van der Waals surface area contributed by atoms with Gasteiger partial charge in [-0.2, -0.15) is 0 Å². The van der Waals surface area contributed by atoms with Crippen molar-refractivity contribution in [2.45, 2.75) is 71.1 Å². The van der Waals surface area contributed by atoms with Crippen LogP contribution >= 0.6 is 0 Å². The molecule has 0 saturated heterocycles. The van der Waals surface area contributed by atoms with E-state index in [1.54, 1.807) is 11.1 Å². The van der Waals surface area contributed by atoms with Gasteiger partial charge in [-0.1, -0.05) is 83.1 Å². The highest BCUT2D eigenvalue weighted by atomic mass is 14.2. The summed E-state index contributed by atoms with van der Waals surface area (Å²) < 4.78 is 0. The molecular formula is C18H28. The van der Waals surface area contributed by atoms with Crippen molar-refractivity contribution in [1.29, 1.82) is 0 Å². The summed E-state index contributed by atoms with van der Waals surface area (Å²) in [4.78, 5) is 0. The summed E-state index contributed by atoms with van der Waals surface area (Å²) in [5.41, 5.74) is 3.18. The van der Waals surface area contributed by atoms with E-state index >= 15 is 0 Å². The Hall–Kier alpha value is -0.780. The van der Waals surface area contributed by atoms with Crippen molar-refractivity contribution >= 4 is 0 Å². The Morgan fingerprint density at radius 1 is 0.944 bits per heavy atom. The lowest BCUT2D eigenvalue weighted by Gasteiger charge is -2.22. The number of rotatable bonds is 3. The molecular weight excluding hydrogens is 216 g/mol. The zero-order chi connectivity index (χ0) is 12.8. The number of hydrogen-bond donors (Lipinski definition) is 0. The zero-order valence-corrected chi connectivity index (χ0v) is 12.1. The van der Waals surface area contributed by atoms with Crippen LogP contribution in [-0.4, -0.2) is 0 Å². The van der Waals surface area contributed by atoms with Crippen LogP contribution in [0.3, 0.4) is 0 Å². The molecule has 0 spiro atoms. The van der Waals surface area contributed by atoms with Gasteiger partial charge in [-0.25, -0.2) is 0 Å². The Morgan fingerprint density at radius 3 is 2.22 bits per heavy atom. The first-order chi connectivity index (χ1) is 8.77. The smallest absolute Gasteiger partial charge is 0.0216 e. The van der Waals surface area contributed by atoms with E-state index in [2.05, 4.69) is 38.1 Å². The molecule has 0 bridgehead atoms. The molecule has 0 aromatic heterocycles. The molecule has 0 amide bonds. The molecule has 1 aromatic carbocycles. The molecule has 0 aliphatic heterocycles. The van der Waals surface area contributed by atoms with Crippen LogP contribution in [0.2, 0.25) is 0 Å². The van der Waals surface area contributed by atoms with Crippen LogP contribution in [-0.2, 0) is 6.42 Å². The maximum atomic E-state index is 2.36. The zero-order valence-electron chi connectivity index (χ0n) is 12.1. The van der Waals surface area contributed by atoms with E-state index in [4.69, 9.17) is 0 Å². The fourth-order valence-electron chi connectivity index (χ4n) is 3.34. The normalized spacial score (nSPS) is 18.6. The van der Waals surface area contributed by atoms with E-state index < -0.39 is 0 Å². The Morgan fingerprint density at radius 2 is 1.56 bits per heavy atom. The van der Waals surface area contributed by atoms with Crippen LogP contribution < -0.4 is 0 Å². The molecule has 100 valence electrons. The first kappa shape index (κ1) is 13.6. The highest BCUT2D eigenvalue weighted by Gasteiger charge is 2.14. The van der Waals surface area contributed by atoms with Crippen LogP contribution in [0, 0.1) is 5.92 Å². The SMILES string of the molecule is CC(C)c1ccccc1CC1CCCCCCC1. The highest BCUT2D eigenvalue weighted by molar-refractivity contribution is 5.30. The van der Waals surface area contributed by atoms with Crippen molar-refractivity contribution in [2.75, 3.05) is 0 Å². The average Bonchev–Trinajstić information content (AvgIpc) is 2.33. The van der Waals surface area contributed by atoms with E-state index in [9.17, 15) is 0 Å². The average molecular weight is 244 g/mol. The molecule has 0 atom stereocenters. The molecule has 0 heteroatoms. The molecule has 2 rings (SSSR count). The van der Waals surface area contributed by atoms with Crippen molar-refractivity contribution in [3.63, 3.8) is 0 Å². The van der Waals surface area contributed by atoms with Crippen molar-refractivity contribution in [3.8, 4) is 0 Å². The van der Waals surface area contributed by atoms with Crippen LogP contribution in [0.5, 0.6) is 0 Å². The van der Waals surface area contributed by atoms with Crippen molar-refractivity contribution in [3.05, 3.63) is 35.4 Å². The molecule has 18 heavy (non-hydrogen) atoms. The van der Waals surface area contributed by atoms with E-state index in [0.717, 1.165) is 5.92 Å². The molecule has 1 aliphatic carbocycles.